The van der Waals surface area contributed by atoms with Crippen molar-refractivity contribution in [1.82, 2.24) is 14.6 Å². The van der Waals surface area contributed by atoms with Gasteiger partial charge in [-0.1, -0.05) is 6.07 Å². The Kier molecular flexibility index (Phi) is 2.26. The number of hydrogen-bond acceptors (Lipinski definition) is 3. The van der Waals surface area contributed by atoms with E-state index in [0.717, 1.165) is 16.7 Å². The number of nitrogens with two attached hydrogens (primary N) is 1. The average molecular weight is 242 g/mol. The second kappa shape index (κ2) is 3.80. The molecule has 3 rings (SSSR count). The van der Waals surface area contributed by atoms with Crippen molar-refractivity contribution in [3.8, 4) is 11.1 Å². The number of anilines is 1. The summed E-state index contributed by atoms with van der Waals surface area (Å²) in [5.41, 5.74) is 8.93. The fourth-order valence-corrected chi connectivity index (χ4v) is 2.06. The first-order chi connectivity index (χ1) is 8.65. The van der Waals surface area contributed by atoms with Crippen LogP contribution in [0, 0.1) is 12.7 Å². The van der Waals surface area contributed by atoms with Crippen LogP contribution in [0.25, 0.3) is 16.8 Å². The summed E-state index contributed by atoms with van der Waals surface area (Å²) in [4.78, 5) is 4.19. The molecule has 0 amide bonds. The molecule has 0 radical (unpaired) electrons. The quantitative estimate of drug-likeness (QED) is 0.713. The molecule has 0 atom stereocenters. The highest BCUT2D eigenvalue weighted by molar-refractivity contribution is 5.79. The minimum absolute atomic E-state index is 0.224. The van der Waals surface area contributed by atoms with Crippen molar-refractivity contribution < 1.29 is 4.39 Å². The molecule has 2 heterocycles. The number of rotatable bonds is 1. The summed E-state index contributed by atoms with van der Waals surface area (Å²) in [5.74, 6) is -0.0219. The van der Waals surface area contributed by atoms with Gasteiger partial charge in [-0.05, 0) is 42.3 Å². The van der Waals surface area contributed by atoms with Crippen molar-refractivity contribution >= 4 is 11.6 Å². The van der Waals surface area contributed by atoms with E-state index in [0.29, 0.717) is 5.65 Å². The number of fused-ring (bicyclic) bond motifs is 1. The van der Waals surface area contributed by atoms with Crippen LogP contribution < -0.4 is 5.73 Å². The van der Waals surface area contributed by atoms with E-state index < -0.39 is 0 Å². The third kappa shape index (κ3) is 1.60. The smallest absolute Gasteiger partial charge is 0.240 e. The van der Waals surface area contributed by atoms with Gasteiger partial charge in [0.05, 0.1) is 0 Å². The number of halogens is 1. The lowest BCUT2D eigenvalue weighted by Gasteiger charge is -2.06. The van der Waals surface area contributed by atoms with Crippen LogP contribution >= 0.6 is 0 Å². The van der Waals surface area contributed by atoms with Gasteiger partial charge in [-0.2, -0.15) is 4.98 Å². The maximum absolute atomic E-state index is 13.1. The first-order valence-electron chi connectivity index (χ1n) is 5.52. The number of nitrogen functional groups attached to an aromatic ring is 1. The summed E-state index contributed by atoms with van der Waals surface area (Å²) in [7, 11) is 0. The summed E-state index contributed by atoms with van der Waals surface area (Å²) >= 11 is 0. The number of pyridine rings is 1. The molecule has 5 heteroatoms. The standard InChI is InChI=1S/C13H11FN4/c1-8-7-9(14)4-5-10(8)11-3-2-6-18-12(11)16-13(15)17-18/h2-7H,1H3,(H2,15,17). The van der Waals surface area contributed by atoms with E-state index in [-0.39, 0.29) is 11.8 Å². The summed E-state index contributed by atoms with van der Waals surface area (Å²) < 4.78 is 14.7. The molecule has 0 spiro atoms. The molecule has 90 valence electrons. The molecule has 18 heavy (non-hydrogen) atoms. The van der Waals surface area contributed by atoms with Gasteiger partial charge in [-0.3, -0.25) is 0 Å². The Hall–Kier alpha value is -2.43. The number of benzene rings is 1. The molecule has 0 saturated carbocycles. The van der Waals surface area contributed by atoms with E-state index in [9.17, 15) is 4.39 Å². The molecule has 0 aliphatic rings. The zero-order valence-electron chi connectivity index (χ0n) is 9.76. The zero-order valence-corrected chi connectivity index (χ0v) is 9.76. The monoisotopic (exact) mass is 242 g/mol. The predicted molar refractivity (Wildman–Crippen MR) is 67.5 cm³/mol. The molecule has 4 nitrogen and oxygen atoms in total. The fourth-order valence-electron chi connectivity index (χ4n) is 2.06. The SMILES string of the molecule is Cc1cc(F)ccc1-c1cccn2nc(N)nc12. The number of hydrogen-bond donors (Lipinski definition) is 1. The second-order valence-electron chi connectivity index (χ2n) is 4.12. The summed E-state index contributed by atoms with van der Waals surface area (Å²) in [6, 6.07) is 8.46. The van der Waals surface area contributed by atoms with Gasteiger partial charge in [0.25, 0.3) is 0 Å². The van der Waals surface area contributed by atoms with Crippen LogP contribution in [0.4, 0.5) is 10.3 Å². The zero-order chi connectivity index (χ0) is 12.7. The van der Waals surface area contributed by atoms with Gasteiger partial charge in [-0.15, -0.1) is 5.10 Å². The van der Waals surface area contributed by atoms with Crippen LogP contribution in [0.5, 0.6) is 0 Å². The Morgan fingerprint density at radius 2 is 2.06 bits per heavy atom. The van der Waals surface area contributed by atoms with E-state index in [1.807, 2.05) is 19.1 Å². The average Bonchev–Trinajstić information content (AvgIpc) is 2.69. The fraction of sp³-hybridized carbons (Fsp3) is 0.0769. The first kappa shape index (κ1) is 10.7. The van der Waals surface area contributed by atoms with Crippen LogP contribution in [0.3, 0.4) is 0 Å². The van der Waals surface area contributed by atoms with E-state index in [2.05, 4.69) is 10.1 Å². The van der Waals surface area contributed by atoms with Crippen LogP contribution in [-0.2, 0) is 0 Å². The number of aromatic nitrogens is 3. The highest BCUT2D eigenvalue weighted by Crippen LogP contribution is 2.27. The molecule has 2 aromatic heterocycles. The van der Waals surface area contributed by atoms with Crippen molar-refractivity contribution in [2.45, 2.75) is 6.92 Å². The molecule has 3 aromatic rings. The van der Waals surface area contributed by atoms with Crippen LogP contribution in [0.2, 0.25) is 0 Å². The van der Waals surface area contributed by atoms with Crippen LogP contribution in [-0.4, -0.2) is 14.6 Å². The minimum atomic E-state index is -0.246. The third-order valence-corrected chi connectivity index (χ3v) is 2.86. The molecule has 1 aromatic carbocycles. The van der Waals surface area contributed by atoms with Crippen molar-refractivity contribution in [2.75, 3.05) is 5.73 Å². The van der Waals surface area contributed by atoms with Gasteiger partial charge in [0.2, 0.25) is 5.95 Å². The largest absolute Gasteiger partial charge is 0.366 e. The molecule has 0 aliphatic heterocycles. The third-order valence-electron chi connectivity index (χ3n) is 2.86. The van der Waals surface area contributed by atoms with Gasteiger partial charge >= 0.3 is 0 Å². The lowest BCUT2D eigenvalue weighted by atomic mass is 10.0. The van der Waals surface area contributed by atoms with Gasteiger partial charge in [-0.25, -0.2) is 8.91 Å². The first-order valence-corrected chi connectivity index (χ1v) is 5.52. The van der Waals surface area contributed by atoms with Gasteiger partial charge in [0.15, 0.2) is 5.65 Å². The van der Waals surface area contributed by atoms with Crippen molar-refractivity contribution in [2.24, 2.45) is 0 Å². The van der Waals surface area contributed by atoms with Crippen molar-refractivity contribution in [3.63, 3.8) is 0 Å². The van der Waals surface area contributed by atoms with E-state index in [4.69, 9.17) is 5.73 Å². The van der Waals surface area contributed by atoms with Gasteiger partial charge < -0.3 is 5.73 Å². The van der Waals surface area contributed by atoms with Crippen LogP contribution in [0.1, 0.15) is 5.56 Å². The maximum atomic E-state index is 13.1. The molecule has 0 unspecified atom stereocenters. The van der Waals surface area contributed by atoms with E-state index in [1.165, 1.54) is 12.1 Å². The molecule has 0 bridgehead atoms. The highest BCUT2D eigenvalue weighted by Gasteiger charge is 2.10. The Labute approximate surface area is 103 Å². The number of aryl methyl sites for hydroxylation is 1. The number of nitrogens with zero attached hydrogens (tertiary/aromatic N) is 3. The second-order valence-corrected chi connectivity index (χ2v) is 4.12. The van der Waals surface area contributed by atoms with E-state index >= 15 is 0 Å². The van der Waals surface area contributed by atoms with Crippen molar-refractivity contribution in [3.05, 3.63) is 47.9 Å². The predicted octanol–water partition coefficient (Wildman–Crippen LogP) is 2.43. The van der Waals surface area contributed by atoms with Crippen LogP contribution in [0.15, 0.2) is 36.5 Å². The van der Waals surface area contributed by atoms with Crippen molar-refractivity contribution in [1.29, 1.82) is 0 Å². The molecular weight excluding hydrogens is 231 g/mol. The maximum Gasteiger partial charge on any atom is 0.240 e. The Morgan fingerprint density at radius 3 is 2.83 bits per heavy atom. The normalized spacial score (nSPS) is 11.0. The molecule has 0 aliphatic carbocycles. The molecular formula is C13H11FN4. The Balaban J connectivity index is 2.31. The Morgan fingerprint density at radius 1 is 1.22 bits per heavy atom. The topological polar surface area (TPSA) is 56.2 Å². The summed E-state index contributed by atoms with van der Waals surface area (Å²) in [6.07, 6.45) is 1.78. The lowest BCUT2D eigenvalue weighted by Crippen LogP contribution is -1.92. The summed E-state index contributed by atoms with van der Waals surface area (Å²) in [6.45, 7) is 1.86. The summed E-state index contributed by atoms with van der Waals surface area (Å²) in [5, 5.41) is 4.06. The Bertz CT molecular complexity index is 733. The molecule has 2 N–H and O–H groups in total. The van der Waals surface area contributed by atoms with E-state index in [1.54, 1.807) is 16.8 Å². The highest BCUT2D eigenvalue weighted by atomic mass is 19.1. The minimum Gasteiger partial charge on any atom is -0.366 e. The molecule has 0 fully saturated rings. The lowest BCUT2D eigenvalue weighted by molar-refractivity contribution is 0.627. The van der Waals surface area contributed by atoms with Gasteiger partial charge in [0.1, 0.15) is 5.82 Å². The molecule has 0 saturated heterocycles. The van der Waals surface area contributed by atoms with Gasteiger partial charge in [0, 0.05) is 11.8 Å².